The van der Waals surface area contributed by atoms with Gasteiger partial charge < -0.3 is 10.2 Å². The second kappa shape index (κ2) is 10.1. The molecule has 7 nitrogen and oxygen atoms in total. The summed E-state index contributed by atoms with van der Waals surface area (Å²) in [5.74, 6) is 0.524. The lowest BCUT2D eigenvalue weighted by atomic mass is 9.90. The van der Waals surface area contributed by atoms with Gasteiger partial charge in [-0.25, -0.2) is 4.79 Å². The fourth-order valence-electron chi connectivity index (χ4n) is 4.26. The molecule has 0 unspecified atom stereocenters. The number of carbonyl (C=O) groups is 1. The summed E-state index contributed by atoms with van der Waals surface area (Å²) in [6.45, 7) is 3.08. The molecule has 0 bridgehead atoms. The SMILES string of the molecule is O=C(Nc1nnc(C2CCCCC2)s1)NC1CCN(CCc2ccncc2)CC1. The molecule has 156 valence electrons. The van der Waals surface area contributed by atoms with Gasteiger partial charge in [0.15, 0.2) is 0 Å². The number of amides is 2. The summed E-state index contributed by atoms with van der Waals surface area (Å²) >= 11 is 1.53. The lowest BCUT2D eigenvalue weighted by molar-refractivity contribution is 0.197. The van der Waals surface area contributed by atoms with E-state index < -0.39 is 0 Å². The van der Waals surface area contributed by atoms with Crippen LogP contribution in [0.4, 0.5) is 9.93 Å². The highest BCUT2D eigenvalue weighted by atomic mass is 32.1. The molecule has 1 aliphatic carbocycles. The van der Waals surface area contributed by atoms with E-state index in [0.29, 0.717) is 11.0 Å². The van der Waals surface area contributed by atoms with Gasteiger partial charge in [-0.05, 0) is 49.8 Å². The number of carbonyl (C=O) groups excluding carboxylic acids is 1. The van der Waals surface area contributed by atoms with Gasteiger partial charge in [0.25, 0.3) is 0 Å². The van der Waals surface area contributed by atoms with E-state index >= 15 is 0 Å². The van der Waals surface area contributed by atoms with Gasteiger partial charge in [-0.15, -0.1) is 10.2 Å². The van der Waals surface area contributed by atoms with Crippen molar-refractivity contribution in [2.45, 2.75) is 63.3 Å². The Bertz CT molecular complexity index is 768. The van der Waals surface area contributed by atoms with Crippen LogP contribution in [0.25, 0.3) is 0 Å². The summed E-state index contributed by atoms with van der Waals surface area (Å²) in [5.41, 5.74) is 1.32. The summed E-state index contributed by atoms with van der Waals surface area (Å²) in [6, 6.07) is 4.21. The molecule has 0 aromatic carbocycles. The third-order valence-corrected chi connectivity index (χ3v) is 7.01. The van der Waals surface area contributed by atoms with Crippen molar-refractivity contribution >= 4 is 22.5 Å². The Morgan fingerprint density at radius 1 is 1.07 bits per heavy atom. The fourth-order valence-corrected chi connectivity index (χ4v) is 5.16. The summed E-state index contributed by atoms with van der Waals surface area (Å²) in [4.78, 5) is 18.9. The van der Waals surface area contributed by atoms with Crippen molar-refractivity contribution in [1.29, 1.82) is 0 Å². The number of urea groups is 1. The fraction of sp³-hybridized carbons (Fsp3) is 0.619. The number of nitrogens with one attached hydrogen (secondary N) is 2. The van der Waals surface area contributed by atoms with Gasteiger partial charge in [-0.2, -0.15) is 0 Å². The van der Waals surface area contributed by atoms with Crippen LogP contribution in [0.3, 0.4) is 0 Å². The van der Waals surface area contributed by atoms with Gasteiger partial charge in [0, 0.05) is 44.0 Å². The minimum atomic E-state index is -0.161. The van der Waals surface area contributed by atoms with E-state index in [4.69, 9.17) is 0 Å². The molecule has 2 N–H and O–H groups in total. The van der Waals surface area contributed by atoms with Crippen LogP contribution in [0.15, 0.2) is 24.5 Å². The average Bonchev–Trinajstić information content (AvgIpc) is 3.23. The molecule has 2 aliphatic rings. The molecule has 1 aliphatic heterocycles. The number of likely N-dealkylation sites (tertiary alicyclic amines) is 1. The van der Waals surface area contributed by atoms with Gasteiger partial charge in [0.2, 0.25) is 5.13 Å². The summed E-state index contributed by atoms with van der Waals surface area (Å²) < 4.78 is 0. The molecule has 29 heavy (non-hydrogen) atoms. The summed E-state index contributed by atoms with van der Waals surface area (Å²) in [5, 5.41) is 16.2. The van der Waals surface area contributed by atoms with Gasteiger partial charge in [0.05, 0.1) is 0 Å². The predicted molar refractivity (Wildman–Crippen MR) is 115 cm³/mol. The van der Waals surface area contributed by atoms with Gasteiger partial charge in [-0.1, -0.05) is 30.6 Å². The maximum absolute atomic E-state index is 12.4. The quantitative estimate of drug-likeness (QED) is 0.751. The number of hydrogen-bond donors (Lipinski definition) is 2. The van der Waals surface area contributed by atoms with Crippen molar-refractivity contribution < 1.29 is 4.79 Å². The number of aromatic nitrogens is 3. The van der Waals surface area contributed by atoms with Gasteiger partial charge >= 0.3 is 6.03 Å². The van der Waals surface area contributed by atoms with E-state index in [9.17, 15) is 4.79 Å². The normalized spacial score (nSPS) is 19.2. The van der Waals surface area contributed by atoms with E-state index in [0.717, 1.165) is 43.9 Å². The van der Waals surface area contributed by atoms with E-state index in [1.807, 2.05) is 12.4 Å². The molecule has 2 aromatic rings. The van der Waals surface area contributed by atoms with E-state index in [1.54, 1.807) is 0 Å². The number of rotatable bonds is 6. The molecule has 2 aromatic heterocycles. The van der Waals surface area contributed by atoms with Gasteiger partial charge in [-0.3, -0.25) is 10.3 Å². The number of pyridine rings is 1. The van der Waals surface area contributed by atoms with Crippen LogP contribution < -0.4 is 10.6 Å². The molecule has 8 heteroatoms. The van der Waals surface area contributed by atoms with E-state index in [2.05, 4.69) is 42.8 Å². The highest BCUT2D eigenvalue weighted by Crippen LogP contribution is 2.35. The third kappa shape index (κ3) is 5.96. The van der Waals surface area contributed by atoms with Crippen molar-refractivity contribution in [3.8, 4) is 0 Å². The zero-order valence-corrected chi connectivity index (χ0v) is 17.7. The first-order chi connectivity index (χ1) is 14.3. The average molecular weight is 415 g/mol. The minimum Gasteiger partial charge on any atom is -0.335 e. The standard InChI is InChI=1S/C21H30N6OS/c28-20(24-21-26-25-19(29-21)17-4-2-1-3-5-17)23-18-9-14-27(15-10-18)13-8-16-6-11-22-12-7-16/h6-7,11-12,17-18H,1-5,8-10,13-15H2,(H2,23,24,26,28). The lowest BCUT2D eigenvalue weighted by Gasteiger charge is -2.32. The van der Waals surface area contributed by atoms with Gasteiger partial charge in [0.1, 0.15) is 5.01 Å². The van der Waals surface area contributed by atoms with Crippen LogP contribution in [0, 0.1) is 0 Å². The zero-order valence-electron chi connectivity index (χ0n) is 16.8. The summed E-state index contributed by atoms with van der Waals surface area (Å²) in [6.07, 6.45) is 13.0. The number of anilines is 1. The van der Waals surface area contributed by atoms with Crippen molar-refractivity contribution in [2.24, 2.45) is 0 Å². The van der Waals surface area contributed by atoms with Crippen molar-refractivity contribution in [3.05, 3.63) is 35.1 Å². The summed E-state index contributed by atoms with van der Waals surface area (Å²) in [7, 11) is 0. The molecule has 2 fully saturated rings. The molecular formula is C21H30N6OS. The van der Waals surface area contributed by atoms with Crippen molar-refractivity contribution in [1.82, 2.24) is 25.4 Å². The molecule has 4 rings (SSSR count). The highest BCUT2D eigenvalue weighted by Gasteiger charge is 2.22. The first kappa shape index (κ1) is 20.2. The maximum atomic E-state index is 12.4. The Hall–Kier alpha value is -2.06. The smallest absolute Gasteiger partial charge is 0.321 e. The molecule has 1 saturated carbocycles. The van der Waals surface area contributed by atoms with Crippen molar-refractivity contribution in [2.75, 3.05) is 25.0 Å². The molecule has 1 saturated heterocycles. The van der Waals surface area contributed by atoms with E-state index in [-0.39, 0.29) is 12.1 Å². The zero-order chi connectivity index (χ0) is 19.9. The predicted octanol–water partition coefficient (Wildman–Crippen LogP) is 3.81. The monoisotopic (exact) mass is 414 g/mol. The Balaban J connectivity index is 1.17. The van der Waals surface area contributed by atoms with Crippen LogP contribution in [-0.2, 0) is 6.42 Å². The highest BCUT2D eigenvalue weighted by molar-refractivity contribution is 7.15. The lowest BCUT2D eigenvalue weighted by Crippen LogP contribution is -2.46. The number of hydrogen-bond acceptors (Lipinski definition) is 6. The largest absolute Gasteiger partial charge is 0.335 e. The maximum Gasteiger partial charge on any atom is 0.321 e. The molecule has 3 heterocycles. The van der Waals surface area contributed by atoms with Crippen LogP contribution in [0.5, 0.6) is 0 Å². The first-order valence-electron chi connectivity index (χ1n) is 10.8. The molecule has 0 spiro atoms. The first-order valence-corrected chi connectivity index (χ1v) is 11.6. The Morgan fingerprint density at radius 3 is 2.59 bits per heavy atom. The second-order valence-corrected chi connectivity index (χ2v) is 9.11. The molecule has 0 atom stereocenters. The topological polar surface area (TPSA) is 83.0 Å². The van der Waals surface area contributed by atoms with Crippen LogP contribution in [0.2, 0.25) is 0 Å². The Morgan fingerprint density at radius 2 is 1.83 bits per heavy atom. The number of piperidine rings is 1. The molecule has 0 radical (unpaired) electrons. The third-order valence-electron chi connectivity index (χ3n) is 6.00. The Labute approximate surface area is 176 Å². The van der Waals surface area contributed by atoms with Crippen LogP contribution >= 0.6 is 11.3 Å². The Kier molecular flexibility index (Phi) is 7.05. The van der Waals surface area contributed by atoms with Crippen molar-refractivity contribution in [3.63, 3.8) is 0 Å². The molecular weight excluding hydrogens is 384 g/mol. The molecule has 2 amide bonds. The van der Waals surface area contributed by atoms with Crippen LogP contribution in [0.1, 0.15) is 61.4 Å². The second-order valence-electron chi connectivity index (χ2n) is 8.10. The van der Waals surface area contributed by atoms with E-state index in [1.165, 1.54) is 49.0 Å². The van der Waals surface area contributed by atoms with Crippen LogP contribution in [-0.4, -0.2) is 51.8 Å². The number of nitrogens with zero attached hydrogens (tertiary/aromatic N) is 4. The minimum absolute atomic E-state index is 0.161.